The maximum absolute atomic E-state index is 13.2. The Labute approximate surface area is 182 Å². The number of piperazine rings is 1. The van der Waals surface area contributed by atoms with Crippen LogP contribution in [0, 0.1) is 0 Å². The van der Waals surface area contributed by atoms with Crippen molar-refractivity contribution in [2.45, 2.75) is 12.5 Å². The van der Waals surface area contributed by atoms with Crippen LogP contribution in [0.4, 0.5) is 11.4 Å². The number of hydrogen-bond acceptors (Lipinski definition) is 4. The van der Waals surface area contributed by atoms with Crippen molar-refractivity contribution in [2.24, 2.45) is 0 Å². The van der Waals surface area contributed by atoms with Gasteiger partial charge in [0.2, 0.25) is 5.91 Å². The maximum Gasteiger partial charge on any atom is 0.251 e. The van der Waals surface area contributed by atoms with E-state index in [-0.39, 0.29) is 24.3 Å². The average molecular weight is 412 g/mol. The first-order valence-electron chi connectivity index (χ1n) is 10.8. The van der Waals surface area contributed by atoms with Gasteiger partial charge in [-0.05, 0) is 35.4 Å². The summed E-state index contributed by atoms with van der Waals surface area (Å²) in [7, 11) is 0. The Hall–Kier alpha value is -3.44. The zero-order chi connectivity index (χ0) is 21.2. The second-order valence-corrected chi connectivity index (χ2v) is 8.06. The number of para-hydroxylation sites is 1. The molecule has 2 heterocycles. The Morgan fingerprint density at radius 1 is 0.613 bits per heavy atom. The molecule has 3 aromatic rings. The zero-order valence-corrected chi connectivity index (χ0v) is 17.4. The Morgan fingerprint density at radius 3 is 1.84 bits per heavy atom. The highest BCUT2D eigenvalue weighted by Gasteiger charge is 2.43. The van der Waals surface area contributed by atoms with Crippen LogP contribution >= 0.6 is 0 Å². The van der Waals surface area contributed by atoms with Crippen molar-refractivity contribution in [2.75, 3.05) is 36.0 Å². The molecule has 3 aromatic carbocycles. The predicted octanol–water partition coefficient (Wildman–Crippen LogP) is 3.81. The van der Waals surface area contributed by atoms with Gasteiger partial charge in [0.15, 0.2) is 0 Å². The van der Waals surface area contributed by atoms with Gasteiger partial charge in [0.25, 0.3) is 5.91 Å². The quantitative estimate of drug-likeness (QED) is 0.613. The van der Waals surface area contributed by atoms with Gasteiger partial charge >= 0.3 is 0 Å². The molecule has 1 atom stereocenters. The molecule has 0 aromatic heterocycles. The minimum Gasteiger partial charge on any atom is -0.369 e. The van der Waals surface area contributed by atoms with Crippen LogP contribution in [-0.4, -0.2) is 48.9 Å². The fourth-order valence-electron chi connectivity index (χ4n) is 4.54. The fourth-order valence-corrected chi connectivity index (χ4v) is 4.54. The third-order valence-corrected chi connectivity index (χ3v) is 6.23. The Bertz CT molecular complexity index is 1060. The van der Waals surface area contributed by atoms with Crippen molar-refractivity contribution in [1.82, 2.24) is 4.90 Å². The van der Waals surface area contributed by atoms with Gasteiger partial charge in [-0.1, -0.05) is 60.7 Å². The largest absolute Gasteiger partial charge is 0.369 e. The number of amides is 2. The van der Waals surface area contributed by atoms with E-state index in [1.807, 2.05) is 72.8 Å². The van der Waals surface area contributed by atoms with Crippen molar-refractivity contribution >= 4 is 23.2 Å². The van der Waals surface area contributed by atoms with Crippen molar-refractivity contribution < 1.29 is 9.59 Å². The Balaban J connectivity index is 1.27. The third kappa shape index (κ3) is 3.84. The molecule has 2 amide bonds. The smallest absolute Gasteiger partial charge is 0.251 e. The third-order valence-electron chi connectivity index (χ3n) is 6.23. The summed E-state index contributed by atoms with van der Waals surface area (Å²) in [6.45, 7) is 3.26. The number of carbonyl (C=O) groups is 2. The van der Waals surface area contributed by atoms with Crippen LogP contribution in [0.1, 0.15) is 6.42 Å². The van der Waals surface area contributed by atoms with Crippen molar-refractivity contribution in [3.63, 3.8) is 0 Å². The molecule has 2 fully saturated rings. The number of nitrogens with zero attached hydrogens (tertiary/aromatic N) is 3. The van der Waals surface area contributed by atoms with Crippen molar-refractivity contribution in [3.8, 4) is 11.1 Å². The molecule has 2 aliphatic heterocycles. The van der Waals surface area contributed by atoms with Crippen LogP contribution in [0.5, 0.6) is 0 Å². The second-order valence-electron chi connectivity index (χ2n) is 8.06. The Kier molecular flexibility index (Phi) is 5.26. The molecule has 156 valence electrons. The molecule has 0 spiro atoms. The SMILES string of the molecule is O=C1C[C@@H](N2CCN(c3ccccc3)CC2)C(=O)N1c1ccc(-c2ccccc2)cc1. The molecule has 0 radical (unpaired) electrons. The van der Waals surface area contributed by atoms with Gasteiger partial charge in [-0.25, -0.2) is 4.90 Å². The molecular weight excluding hydrogens is 386 g/mol. The maximum atomic E-state index is 13.2. The van der Waals surface area contributed by atoms with Crippen molar-refractivity contribution in [3.05, 3.63) is 84.9 Å². The summed E-state index contributed by atoms with van der Waals surface area (Å²) < 4.78 is 0. The van der Waals surface area contributed by atoms with Crippen LogP contribution in [-0.2, 0) is 9.59 Å². The minimum atomic E-state index is -0.362. The normalized spacial score (nSPS) is 19.8. The fraction of sp³-hybridized carbons (Fsp3) is 0.231. The lowest BCUT2D eigenvalue weighted by atomic mass is 10.1. The van der Waals surface area contributed by atoms with Crippen LogP contribution in [0.2, 0.25) is 0 Å². The molecule has 5 nitrogen and oxygen atoms in total. The first-order chi connectivity index (χ1) is 15.2. The molecule has 2 aliphatic rings. The lowest BCUT2D eigenvalue weighted by Crippen LogP contribution is -2.52. The van der Waals surface area contributed by atoms with E-state index in [1.54, 1.807) is 0 Å². The summed E-state index contributed by atoms with van der Waals surface area (Å²) in [5.41, 5.74) is 4.04. The summed E-state index contributed by atoms with van der Waals surface area (Å²) >= 11 is 0. The second kappa shape index (κ2) is 8.36. The minimum absolute atomic E-state index is 0.106. The highest BCUT2D eigenvalue weighted by Crippen LogP contribution is 2.29. The molecular formula is C26H25N3O2. The molecule has 5 rings (SSSR count). The van der Waals surface area contributed by atoms with Crippen LogP contribution in [0.3, 0.4) is 0 Å². The summed E-state index contributed by atoms with van der Waals surface area (Å²) in [6.07, 6.45) is 0.255. The van der Waals surface area contributed by atoms with E-state index in [4.69, 9.17) is 0 Å². The molecule has 2 saturated heterocycles. The average Bonchev–Trinajstić information content (AvgIpc) is 3.14. The summed E-state index contributed by atoms with van der Waals surface area (Å²) in [6, 6.07) is 27.7. The van der Waals surface area contributed by atoms with Crippen LogP contribution < -0.4 is 9.80 Å². The van der Waals surface area contributed by atoms with Gasteiger partial charge in [0, 0.05) is 31.9 Å². The molecule has 31 heavy (non-hydrogen) atoms. The lowest BCUT2D eigenvalue weighted by Gasteiger charge is -2.38. The van der Waals surface area contributed by atoms with Crippen molar-refractivity contribution in [1.29, 1.82) is 0 Å². The van der Waals surface area contributed by atoms with E-state index in [0.717, 1.165) is 37.3 Å². The molecule has 0 N–H and O–H groups in total. The van der Waals surface area contributed by atoms with Gasteiger partial charge in [0.1, 0.15) is 0 Å². The molecule has 5 heteroatoms. The topological polar surface area (TPSA) is 43.9 Å². The van der Waals surface area contributed by atoms with E-state index in [2.05, 4.69) is 21.9 Å². The first-order valence-corrected chi connectivity index (χ1v) is 10.8. The molecule has 0 aliphatic carbocycles. The van der Waals surface area contributed by atoms with Crippen LogP contribution in [0.25, 0.3) is 11.1 Å². The van der Waals surface area contributed by atoms with Gasteiger partial charge in [-0.2, -0.15) is 0 Å². The van der Waals surface area contributed by atoms with Gasteiger partial charge in [-0.15, -0.1) is 0 Å². The molecule has 0 unspecified atom stereocenters. The summed E-state index contributed by atoms with van der Waals surface area (Å²) in [5, 5.41) is 0. The Morgan fingerprint density at radius 2 is 1.19 bits per heavy atom. The van der Waals surface area contributed by atoms with Crippen LogP contribution in [0.15, 0.2) is 84.9 Å². The number of hydrogen-bond donors (Lipinski definition) is 0. The zero-order valence-electron chi connectivity index (χ0n) is 17.4. The number of benzene rings is 3. The first kappa shape index (κ1) is 19.5. The van der Waals surface area contributed by atoms with E-state index < -0.39 is 0 Å². The highest BCUT2D eigenvalue weighted by atomic mass is 16.2. The van der Waals surface area contributed by atoms with Gasteiger partial charge < -0.3 is 4.90 Å². The summed E-state index contributed by atoms with van der Waals surface area (Å²) in [4.78, 5) is 31.8. The number of imide groups is 1. The van der Waals surface area contributed by atoms with E-state index in [9.17, 15) is 9.59 Å². The number of anilines is 2. The number of rotatable bonds is 4. The number of carbonyl (C=O) groups excluding carboxylic acids is 2. The van der Waals surface area contributed by atoms with Gasteiger partial charge in [0.05, 0.1) is 18.2 Å². The lowest BCUT2D eigenvalue weighted by molar-refractivity contribution is -0.123. The van der Waals surface area contributed by atoms with Gasteiger partial charge in [-0.3, -0.25) is 14.5 Å². The molecule has 0 bridgehead atoms. The summed E-state index contributed by atoms with van der Waals surface area (Å²) in [5.74, 6) is -0.224. The highest BCUT2D eigenvalue weighted by molar-refractivity contribution is 6.22. The van der Waals surface area contributed by atoms with E-state index >= 15 is 0 Å². The molecule has 0 saturated carbocycles. The standard InChI is InChI=1S/C26H25N3O2/c30-25-19-24(28-17-15-27(16-18-28)22-9-5-2-6-10-22)26(31)29(25)23-13-11-21(12-14-23)20-7-3-1-4-8-20/h1-14,24H,15-19H2/t24-/m1/s1. The monoisotopic (exact) mass is 411 g/mol. The van der Waals surface area contributed by atoms with E-state index in [1.165, 1.54) is 10.6 Å². The predicted molar refractivity (Wildman–Crippen MR) is 123 cm³/mol. The van der Waals surface area contributed by atoms with E-state index in [0.29, 0.717) is 5.69 Å².